The van der Waals surface area contributed by atoms with E-state index in [1.165, 1.54) is 12.1 Å². The number of aryl methyl sites for hydroxylation is 3. The summed E-state index contributed by atoms with van der Waals surface area (Å²) in [5.41, 5.74) is 8.45. The Labute approximate surface area is 109 Å². The highest BCUT2D eigenvalue weighted by atomic mass is 19.1. The molecule has 2 heterocycles. The quantitative estimate of drug-likeness (QED) is 0.779. The largest absolute Gasteiger partial charge is 0.369 e. The van der Waals surface area contributed by atoms with E-state index in [0.29, 0.717) is 18.0 Å². The van der Waals surface area contributed by atoms with Gasteiger partial charge in [0.2, 0.25) is 5.95 Å². The van der Waals surface area contributed by atoms with E-state index in [9.17, 15) is 4.39 Å². The predicted molar refractivity (Wildman–Crippen MR) is 71.0 cm³/mol. The van der Waals surface area contributed by atoms with Crippen LogP contribution in [0, 0.1) is 5.82 Å². The van der Waals surface area contributed by atoms with Gasteiger partial charge in [-0.1, -0.05) is 0 Å². The van der Waals surface area contributed by atoms with E-state index in [1.807, 2.05) is 24.0 Å². The highest BCUT2D eigenvalue weighted by Crippen LogP contribution is 2.19. The number of nitrogens with two attached hydrogens (primary N) is 1. The summed E-state index contributed by atoms with van der Waals surface area (Å²) in [6, 6.07) is 4.52. The molecule has 1 aromatic carbocycles. The summed E-state index contributed by atoms with van der Waals surface area (Å²) in [5, 5.41) is 4.12. The molecule has 0 bridgehead atoms. The van der Waals surface area contributed by atoms with Gasteiger partial charge in [-0.15, -0.1) is 0 Å². The van der Waals surface area contributed by atoms with Crippen molar-refractivity contribution in [1.29, 1.82) is 0 Å². The monoisotopic (exact) mass is 259 g/mol. The number of halogens is 1. The van der Waals surface area contributed by atoms with E-state index in [1.54, 1.807) is 10.7 Å². The number of fused-ring (bicyclic) bond motifs is 1. The van der Waals surface area contributed by atoms with E-state index in [0.717, 1.165) is 17.5 Å². The lowest BCUT2D eigenvalue weighted by Gasteiger charge is -2.05. The Bertz CT molecular complexity index is 728. The molecule has 0 aliphatic heterocycles. The van der Waals surface area contributed by atoms with Gasteiger partial charge in [-0.3, -0.25) is 4.68 Å². The predicted octanol–water partition coefficient (Wildman–Crippen LogP) is 1.73. The molecule has 2 aromatic heterocycles. The van der Waals surface area contributed by atoms with E-state index in [4.69, 9.17) is 5.73 Å². The maximum Gasteiger partial charge on any atom is 0.201 e. The second-order valence-electron chi connectivity index (χ2n) is 4.53. The lowest BCUT2D eigenvalue weighted by molar-refractivity contribution is 0.629. The minimum Gasteiger partial charge on any atom is -0.369 e. The summed E-state index contributed by atoms with van der Waals surface area (Å²) in [4.78, 5) is 4.17. The molecule has 0 aliphatic rings. The molecule has 3 aromatic rings. The first-order chi connectivity index (χ1) is 9.13. The van der Waals surface area contributed by atoms with Crippen molar-refractivity contribution in [1.82, 2.24) is 19.3 Å². The zero-order chi connectivity index (χ0) is 13.4. The van der Waals surface area contributed by atoms with Crippen LogP contribution in [0.2, 0.25) is 0 Å². The lowest BCUT2D eigenvalue weighted by Crippen LogP contribution is -2.05. The molecule has 0 aliphatic carbocycles. The summed E-state index contributed by atoms with van der Waals surface area (Å²) in [7, 11) is 1.88. The van der Waals surface area contributed by atoms with Gasteiger partial charge in [-0.05, 0) is 24.1 Å². The standard InChI is InChI=1S/C13H14FN5/c1-18-8-9(7-16-18)4-5-19-12-3-2-10(14)6-11(12)17-13(19)15/h2-3,6-8H,4-5H2,1H3,(H2,15,17). The summed E-state index contributed by atoms with van der Waals surface area (Å²) in [6.45, 7) is 0.694. The minimum absolute atomic E-state index is 0.301. The van der Waals surface area contributed by atoms with E-state index in [2.05, 4.69) is 10.1 Å². The van der Waals surface area contributed by atoms with Crippen LogP contribution < -0.4 is 5.73 Å². The number of imidazole rings is 1. The fraction of sp³-hybridized carbons (Fsp3) is 0.231. The third kappa shape index (κ3) is 2.16. The SMILES string of the molecule is Cn1cc(CCn2c(N)nc3cc(F)ccc32)cn1. The van der Waals surface area contributed by atoms with Crippen molar-refractivity contribution in [2.75, 3.05) is 5.73 Å². The Hall–Kier alpha value is -2.37. The topological polar surface area (TPSA) is 61.7 Å². The second kappa shape index (κ2) is 4.38. The van der Waals surface area contributed by atoms with Crippen molar-refractivity contribution in [2.24, 2.45) is 7.05 Å². The summed E-state index contributed by atoms with van der Waals surface area (Å²) >= 11 is 0. The average molecular weight is 259 g/mol. The first-order valence-electron chi connectivity index (χ1n) is 6.02. The van der Waals surface area contributed by atoms with Crippen LogP contribution in [-0.4, -0.2) is 19.3 Å². The van der Waals surface area contributed by atoms with Gasteiger partial charge in [0, 0.05) is 25.9 Å². The maximum absolute atomic E-state index is 13.1. The fourth-order valence-corrected chi connectivity index (χ4v) is 2.20. The minimum atomic E-state index is -0.301. The van der Waals surface area contributed by atoms with Crippen LogP contribution in [0.15, 0.2) is 30.6 Å². The Morgan fingerprint density at radius 1 is 1.37 bits per heavy atom. The highest BCUT2D eigenvalue weighted by molar-refractivity contribution is 5.78. The molecule has 3 rings (SSSR count). The molecule has 0 saturated carbocycles. The van der Waals surface area contributed by atoms with Gasteiger partial charge in [0.25, 0.3) is 0 Å². The number of hydrogen-bond acceptors (Lipinski definition) is 3. The van der Waals surface area contributed by atoms with Crippen molar-refractivity contribution in [3.8, 4) is 0 Å². The number of benzene rings is 1. The summed E-state index contributed by atoms with van der Waals surface area (Å²) < 4.78 is 16.8. The third-order valence-corrected chi connectivity index (χ3v) is 3.12. The smallest absolute Gasteiger partial charge is 0.201 e. The fourth-order valence-electron chi connectivity index (χ4n) is 2.20. The van der Waals surface area contributed by atoms with Crippen molar-refractivity contribution >= 4 is 17.0 Å². The van der Waals surface area contributed by atoms with Crippen molar-refractivity contribution < 1.29 is 4.39 Å². The molecule has 0 saturated heterocycles. The Kier molecular flexibility index (Phi) is 2.70. The molecule has 0 atom stereocenters. The number of aromatic nitrogens is 4. The normalized spacial score (nSPS) is 11.3. The Morgan fingerprint density at radius 2 is 2.21 bits per heavy atom. The molecular weight excluding hydrogens is 245 g/mol. The molecule has 0 amide bonds. The molecule has 6 heteroatoms. The summed E-state index contributed by atoms with van der Waals surface area (Å²) in [5.74, 6) is 0.105. The number of rotatable bonds is 3. The first-order valence-corrected chi connectivity index (χ1v) is 6.02. The zero-order valence-electron chi connectivity index (χ0n) is 10.5. The Balaban J connectivity index is 1.90. The van der Waals surface area contributed by atoms with Gasteiger partial charge < -0.3 is 10.3 Å². The van der Waals surface area contributed by atoms with Crippen LogP contribution in [0.4, 0.5) is 10.3 Å². The maximum atomic E-state index is 13.1. The highest BCUT2D eigenvalue weighted by Gasteiger charge is 2.09. The van der Waals surface area contributed by atoms with E-state index in [-0.39, 0.29) is 5.82 Å². The van der Waals surface area contributed by atoms with Gasteiger partial charge in [0.15, 0.2) is 0 Å². The van der Waals surface area contributed by atoms with Crippen LogP contribution in [-0.2, 0) is 20.0 Å². The van der Waals surface area contributed by atoms with Gasteiger partial charge in [0.05, 0.1) is 17.2 Å². The van der Waals surface area contributed by atoms with E-state index >= 15 is 0 Å². The molecule has 0 unspecified atom stereocenters. The van der Waals surface area contributed by atoms with Crippen LogP contribution in [0.5, 0.6) is 0 Å². The first kappa shape index (κ1) is 11.7. The number of hydrogen-bond donors (Lipinski definition) is 1. The van der Waals surface area contributed by atoms with Crippen molar-refractivity contribution in [3.63, 3.8) is 0 Å². The number of nitrogens with zero attached hydrogens (tertiary/aromatic N) is 4. The van der Waals surface area contributed by atoms with Crippen molar-refractivity contribution in [3.05, 3.63) is 42.0 Å². The molecule has 0 radical (unpaired) electrons. The van der Waals surface area contributed by atoms with Gasteiger partial charge in [-0.2, -0.15) is 5.10 Å². The van der Waals surface area contributed by atoms with Crippen molar-refractivity contribution in [2.45, 2.75) is 13.0 Å². The van der Waals surface area contributed by atoms with Crippen LogP contribution >= 0.6 is 0 Å². The molecule has 2 N–H and O–H groups in total. The number of anilines is 1. The van der Waals surface area contributed by atoms with Crippen LogP contribution in [0.3, 0.4) is 0 Å². The zero-order valence-corrected chi connectivity index (χ0v) is 10.5. The van der Waals surface area contributed by atoms with Gasteiger partial charge in [0.1, 0.15) is 5.82 Å². The molecule has 0 spiro atoms. The molecular formula is C13H14FN5. The molecule has 98 valence electrons. The van der Waals surface area contributed by atoms with Crippen LogP contribution in [0.1, 0.15) is 5.56 Å². The molecule has 19 heavy (non-hydrogen) atoms. The summed E-state index contributed by atoms with van der Waals surface area (Å²) in [6.07, 6.45) is 4.60. The molecule has 5 nitrogen and oxygen atoms in total. The average Bonchev–Trinajstić information content (AvgIpc) is 2.89. The second-order valence-corrected chi connectivity index (χ2v) is 4.53. The number of nitrogen functional groups attached to an aromatic ring is 1. The Morgan fingerprint density at radius 3 is 2.95 bits per heavy atom. The third-order valence-electron chi connectivity index (χ3n) is 3.12. The van der Waals surface area contributed by atoms with Crippen LogP contribution in [0.25, 0.3) is 11.0 Å². The lowest BCUT2D eigenvalue weighted by atomic mass is 10.2. The molecule has 0 fully saturated rings. The van der Waals surface area contributed by atoms with Gasteiger partial charge >= 0.3 is 0 Å². The van der Waals surface area contributed by atoms with E-state index < -0.39 is 0 Å². The van der Waals surface area contributed by atoms with Gasteiger partial charge in [-0.25, -0.2) is 9.37 Å².